The highest BCUT2D eigenvalue weighted by Crippen LogP contribution is 2.20. The highest BCUT2D eigenvalue weighted by atomic mass is 16.2. The molecule has 0 N–H and O–H groups in total. The van der Waals surface area contributed by atoms with E-state index < -0.39 is 0 Å². The van der Waals surface area contributed by atoms with Crippen LogP contribution < -0.4 is 4.90 Å². The summed E-state index contributed by atoms with van der Waals surface area (Å²) in [5.74, 6) is 0.217. The molecular formula is C18H28N2O. The topological polar surface area (TPSA) is 23.6 Å². The molecule has 0 atom stereocenters. The van der Waals surface area contributed by atoms with Crippen LogP contribution in [-0.4, -0.2) is 37.5 Å². The maximum absolute atomic E-state index is 12.1. The highest BCUT2D eigenvalue weighted by Gasteiger charge is 2.12. The summed E-state index contributed by atoms with van der Waals surface area (Å²) in [7, 11) is 1.90. The van der Waals surface area contributed by atoms with Crippen LogP contribution in [0.2, 0.25) is 0 Å². The van der Waals surface area contributed by atoms with E-state index in [1.54, 1.807) is 0 Å². The van der Waals surface area contributed by atoms with E-state index in [0.717, 1.165) is 38.0 Å². The Balaban J connectivity index is 1.88. The van der Waals surface area contributed by atoms with Crippen molar-refractivity contribution >= 4 is 11.6 Å². The third kappa shape index (κ3) is 4.76. The summed E-state index contributed by atoms with van der Waals surface area (Å²) in [5.41, 5.74) is 2.41. The van der Waals surface area contributed by atoms with Crippen LogP contribution in [0.5, 0.6) is 0 Å². The first-order valence-corrected chi connectivity index (χ1v) is 8.28. The Morgan fingerprint density at radius 1 is 1.14 bits per heavy atom. The average Bonchev–Trinajstić information content (AvgIpc) is 2.54. The summed E-state index contributed by atoms with van der Waals surface area (Å²) in [6.07, 6.45) is 6.66. The molecule has 0 unspecified atom stereocenters. The molecule has 0 aliphatic carbocycles. The smallest absolute Gasteiger partial charge is 0.226 e. The fraction of sp³-hybridized carbons (Fsp3) is 0.611. The zero-order valence-electron chi connectivity index (χ0n) is 13.5. The van der Waals surface area contributed by atoms with Crippen LogP contribution in [0.15, 0.2) is 24.3 Å². The molecule has 0 saturated carbocycles. The lowest BCUT2D eigenvalue weighted by Crippen LogP contribution is -2.30. The Bertz CT molecular complexity index is 435. The van der Waals surface area contributed by atoms with Crippen LogP contribution in [0.4, 0.5) is 5.69 Å². The Hall–Kier alpha value is -1.51. The van der Waals surface area contributed by atoms with E-state index in [1.807, 2.05) is 11.9 Å². The van der Waals surface area contributed by atoms with E-state index in [4.69, 9.17) is 0 Å². The molecule has 116 valence electrons. The minimum atomic E-state index is 0.217. The van der Waals surface area contributed by atoms with Gasteiger partial charge >= 0.3 is 0 Å². The minimum Gasteiger partial charge on any atom is -0.372 e. The molecule has 1 aliphatic heterocycles. The van der Waals surface area contributed by atoms with Gasteiger partial charge in [0.2, 0.25) is 5.91 Å². The van der Waals surface area contributed by atoms with Gasteiger partial charge in [-0.2, -0.15) is 0 Å². The molecule has 1 aromatic rings. The first-order chi connectivity index (χ1) is 10.2. The summed E-state index contributed by atoms with van der Waals surface area (Å²) in [5, 5.41) is 0. The summed E-state index contributed by atoms with van der Waals surface area (Å²) in [4.78, 5) is 16.4. The van der Waals surface area contributed by atoms with Crippen molar-refractivity contribution in [2.75, 3.05) is 31.6 Å². The second-order valence-corrected chi connectivity index (χ2v) is 6.06. The van der Waals surface area contributed by atoms with Crippen LogP contribution in [0, 0.1) is 0 Å². The number of piperidine rings is 1. The SMILES string of the molecule is CCCCN(C)C(=O)Cc1ccc(N2CCCCC2)cc1. The van der Waals surface area contributed by atoms with Crippen molar-refractivity contribution in [3.8, 4) is 0 Å². The van der Waals surface area contributed by atoms with Crippen LogP contribution in [-0.2, 0) is 11.2 Å². The number of anilines is 1. The molecule has 1 heterocycles. The molecule has 2 rings (SSSR count). The van der Waals surface area contributed by atoms with E-state index in [9.17, 15) is 4.79 Å². The Morgan fingerprint density at radius 2 is 1.81 bits per heavy atom. The van der Waals surface area contributed by atoms with Gasteiger partial charge in [-0.15, -0.1) is 0 Å². The van der Waals surface area contributed by atoms with Gasteiger partial charge < -0.3 is 9.80 Å². The van der Waals surface area contributed by atoms with Gasteiger partial charge in [-0.25, -0.2) is 0 Å². The largest absolute Gasteiger partial charge is 0.372 e. The second kappa shape index (κ2) is 8.06. The number of unbranched alkanes of at least 4 members (excludes halogenated alkanes) is 1. The Labute approximate surface area is 128 Å². The summed E-state index contributed by atoms with van der Waals surface area (Å²) < 4.78 is 0. The minimum absolute atomic E-state index is 0.217. The van der Waals surface area contributed by atoms with Crippen molar-refractivity contribution in [2.45, 2.75) is 45.4 Å². The first kappa shape index (κ1) is 15.9. The molecule has 1 fully saturated rings. The number of hydrogen-bond acceptors (Lipinski definition) is 2. The lowest BCUT2D eigenvalue weighted by molar-refractivity contribution is -0.129. The zero-order chi connectivity index (χ0) is 15.1. The number of carbonyl (C=O) groups excluding carboxylic acids is 1. The van der Waals surface area contributed by atoms with Gasteiger partial charge in [0.1, 0.15) is 0 Å². The van der Waals surface area contributed by atoms with Crippen LogP contribution in [0.1, 0.15) is 44.6 Å². The molecule has 1 amide bonds. The summed E-state index contributed by atoms with van der Waals surface area (Å²) >= 11 is 0. The van der Waals surface area contributed by atoms with Gasteiger partial charge in [0.25, 0.3) is 0 Å². The van der Waals surface area contributed by atoms with Gasteiger partial charge in [-0.3, -0.25) is 4.79 Å². The van der Waals surface area contributed by atoms with Gasteiger partial charge in [0, 0.05) is 32.4 Å². The summed E-state index contributed by atoms with van der Waals surface area (Å²) in [6, 6.07) is 8.55. The molecule has 1 aromatic carbocycles. The van der Waals surface area contributed by atoms with Gasteiger partial charge in [0.05, 0.1) is 6.42 Å². The molecule has 0 bridgehead atoms. The van der Waals surface area contributed by atoms with Crippen LogP contribution >= 0.6 is 0 Å². The quantitative estimate of drug-likeness (QED) is 0.800. The lowest BCUT2D eigenvalue weighted by Gasteiger charge is -2.28. The van der Waals surface area contributed by atoms with Crippen molar-refractivity contribution < 1.29 is 4.79 Å². The molecule has 1 saturated heterocycles. The van der Waals surface area contributed by atoms with E-state index in [0.29, 0.717) is 6.42 Å². The second-order valence-electron chi connectivity index (χ2n) is 6.06. The normalized spacial score (nSPS) is 15.0. The van der Waals surface area contributed by atoms with Crippen molar-refractivity contribution in [1.29, 1.82) is 0 Å². The molecular weight excluding hydrogens is 260 g/mol. The molecule has 3 heteroatoms. The number of benzene rings is 1. The van der Waals surface area contributed by atoms with Crippen molar-refractivity contribution in [1.82, 2.24) is 4.90 Å². The maximum atomic E-state index is 12.1. The molecule has 3 nitrogen and oxygen atoms in total. The molecule has 1 aliphatic rings. The van der Waals surface area contributed by atoms with Crippen LogP contribution in [0.25, 0.3) is 0 Å². The van der Waals surface area contributed by atoms with Crippen molar-refractivity contribution in [3.05, 3.63) is 29.8 Å². The maximum Gasteiger partial charge on any atom is 0.226 e. The predicted molar refractivity (Wildman–Crippen MR) is 88.8 cm³/mol. The number of amides is 1. The van der Waals surface area contributed by atoms with E-state index in [2.05, 4.69) is 36.1 Å². The number of nitrogens with zero attached hydrogens (tertiary/aromatic N) is 2. The third-order valence-electron chi connectivity index (χ3n) is 4.29. The van der Waals surface area contributed by atoms with Gasteiger partial charge in [-0.05, 0) is 43.4 Å². The van der Waals surface area contributed by atoms with Crippen molar-refractivity contribution in [2.24, 2.45) is 0 Å². The number of likely N-dealkylation sites (N-methyl/N-ethyl adjacent to an activating group) is 1. The molecule has 0 spiro atoms. The standard InChI is InChI=1S/C18H28N2O/c1-3-4-12-19(2)18(21)15-16-8-10-17(11-9-16)20-13-6-5-7-14-20/h8-11H,3-7,12-15H2,1-2H3. The summed E-state index contributed by atoms with van der Waals surface area (Å²) in [6.45, 7) is 5.34. The number of hydrogen-bond donors (Lipinski definition) is 0. The molecule has 0 aromatic heterocycles. The zero-order valence-corrected chi connectivity index (χ0v) is 13.5. The van der Waals surface area contributed by atoms with E-state index >= 15 is 0 Å². The average molecular weight is 288 g/mol. The number of rotatable bonds is 6. The predicted octanol–water partition coefficient (Wildman–Crippen LogP) is 3.48. The van der Waals surface area contributed by atoms with E-state index in [-0.39, 0.29) is 5.91 Å². The van der Waals surface area contributed by atoms with Gasteiger partial charge in [-0.1, -0.05) is 25.5 Å². The van der Waals surface area contributed by atoms with Crippen molar-refractivity contribution in [3.63, 3.8) is 0 Å². The van der Waals surface area contributed by atoms with Crippen LogP contribution in [0.3, 0.4) is 0 Å². The fourth-order valence-electron chi connectivity index (χ4n) is 2.81. The highest BCUT2D eigenvalue weighted by molar-refractivity contribution is 5.78. The van der Waals surface area contributed by atoms with E-state index in [1.165, 1.54) is 24.9 Å². The molecule has 0 radical (unpaired) electrons. The molecule has 21 heavy (non-hydrogen) atoms. The lowest BCUT2D eigenvalue weighted by atomic mass is 10.1. The third-order valence-corrected chi connectivity index (χ3v) is 4.29. The Kier molecular flexibility index (Phi) is 6.09. The van der Waals surface area contributed by atoms with Gasteiger partial charge in [0.15, 0.2) is 0 Å². The monoisotopic (exact) mass is 288 g/mol. The first-order valence-electron chi connectivity index (χ1n) is 8.28. The number of carbonyl (C=O) groups is 1. The fourth-order valence-corrected chi connectivity index (χ4v) is 2.81. The Morgan fingerprint density at radius 3 is 2.43 bits per heavy atom.